The van der Waals surface area contributed by atoms with E-state index in [9.17, 15) is 19.4 Å². The molecular weight excluding hydrogens is 768 g/mol. The molecule has 0 aromatic carbocycles. The Labute approximate surface area is 373 Å². The van der Waals surface area contributed by atoms with Gasteiger partial charge in [-0.05, 0) is 19.3 Å². The van der Waals surface area contributed by atoms with E-state index in [1.165, 1.54) is 205 Å². The van der Waals surface area contributed by atoms with E-state index in [0.717, 1.165) is 32.1 Å². The Bertz CT molecular complexity index is 989. The van der Waals surface area contributed by atoms with Crippen LogP contribution >= 0.6 is 7.82 Å². The van der Waals surface area contributed by atoms with Crippen LogP contribution in [0.25, 0.3) is 0 Å². The summed E-state index contributed by atoms with van der Waals surface area (Å²) in [6.45, 7) is 4.85. The first-order valence-corrected chi connectivity index (χ1v) is 27.6. The van der Waals surface area contributed by atoms with Crippen molar-refractivity contribution in [2.24, 2.45) is 0 Å². The van der Waals surface area contributed by atoms with Gasteiger partial charge in [0.05, 0.1) is 39.9 Å². The van der Waals surface area contributed by atoms with Gasteiger partial charge in [-0.1, -0.05) is 244 Å². The summed E-state index contributed by atoms with van der Waals surface area (Å²) < 4.78 is 23.7. The quantitative estimate of drug-likeness (QED) is 0.0243. The maximum Gasteiger partial charge on any atom is 0.472 e. The molecule has 3 N–H and O–H groups in total. The summed E-state index contributed by atoms with van der Waals surface area (Å²) in [5, 5.41) is 13.9. The molecule has 0 aliphatic rings. The molecule has 0 aliphatic carbocycles. The van der Waals surface area contributed by atoms with Gasteiger partial charge in [0.15, 0.2) is 0 Å². The predicted octanol–water partition coefficient (Wildman–Crippen LogP) is 15.1. The van der Waals surface area contributed by atoms with Crippen molar-refractivity contribution in [3.8, 4) is 0 Å². The number of phosphoric acid groups is 1. The fourth-order valence-corrected chi connectivity index (χ4v) is 8.60. The van der Waals surface area contributed by atoms with Crippen molar-refractivity contribution < 1.29 is 32.9 Å². The first-order valence-electron chi connectivity index (χ1n) is 26.1. The molecule has 0 spiro atoms. The Morgan fingerprint density at radius 3 is 1.23 bits per heavy atom. The van der Waals surface area contributed by atoms with Crippen LogP contribution in [0.5, 0.6) is 0 Å². The Hall–Kier alpha value is -0.760. The van der Waals surface area contributed by atoms with Crippen LogP contribution in [0.4, 0.5) is 0 Å². The number of likely N-dealkylation sites (N-methyl/N-ethyl adjacent to an activating group) is 1. The van der Waals surface area contributed by atoms with Gasteiger partial charge >= 0.3 is 7.82 Å². The number of amides is 1. The molecule has 358 valence electrons. The first-order chi connectivity index (χ1) is 29.0. The normalized spacial score (nSPS) is 14.2. The zero-order chi connectivity index (χ0) is 44.3. The van der Waals surface area contributed by atoms with Gasteiger partial charge in [0.2, 0.25) is 5.91 Å². The Kier molecular flexibility index (Phi) is 42.9. The summed E-state index contributed by atoms with van der Waals surface area (Å²) in [5.74, 6) is -0.172. The standard InChI is InChI=1S/C51H103N2O6P/c1-6-8-10-12-14-16-18-20-22-24-25-26-27-29-30-32-34-36-38-40-42-44-50(54)49(48-59-60(56,57)58-47-46-53(3,4)5)52-51(55)45-43-41-39-37-35-33-31-28-23-21-19-17-15-13-11-9-7-2/h42,44,49-50,54H,6-41,43,45-48H2,1-5H3,(H-,52,55,56,57)/p+1/b44-42+. The zero-order valence-corrected chi connectivity index (χ0v) is 41.6. The summed E-state index contributed by atoms with van der Waals surface area (Å²) in [6.07, 6.45) is 51.4. The van der Waals surface area contributed by atoms with E-state index in [1.807, 2.05) is 27.2 Å². The molecule has 0 fully saturated rings. The van der Waals surface area contributed by atoms with Crippen LogP contribution in [0.3, 0.4) is 0 Å². The molecule has 8 nitrogen and oxygen atoms in total. The summed E-state index contributed by atoms with van der Waals surface area (Å²) in [6, 6.07) is -0.841. The third-order valence-corrected chi connectivity index (χ3v) is 13.0. The second kappa shape index (κ2) is 43.5. The molecule has 0 rings (SSSR count). The highest BCUT2D eigenvalue weighted by atomic mass is 31.2. The van der Waals surface area contributed by atoms with Gasteiger partial charge in [-0.15, -0.1) is 0 Å². The van der Waals surface area contributed by atoms with Gasteiger partial charge in [0.1, 0.15) is 13.2 Å². The maximum atomic E-state index is 12.9. The molecule has 0 aromatic heterocycles. The molecule has 1 amide bonds. The number of unbranched alkanes of at least 4 members (excludes halogenated alkanes) is 35. The number of nitrogens with zero attached hydrogens (tertiary/aromatic N) is 1. The lowest BCUT2D eigenvalue weighted by Gasteiger charge is -2.25. The zero-order valence-electron chi connectivity index (χ0n) is 40.7. The number of rotatable bonds is 48. The SMILES string of the molecule is CCCCCCCCCCCCCCCCCCCCC/C=C/C(O)C(COP(=O)(O)OCC[N+](C)(C)C)NC(=O)CCCCCCCCCCCCCCCCCCC. The van der Waals surface area contributed by atoms with Crippen molar-refractivity contribution in [2.45, 2.75) is 270 Å². The van der Waals surface area contributed by atoms with E-state index in [0.29, 0.717) is 17.4 Å². The Balaban J connectivity index is 4.27. The minimum atomic E-state index is -4.34. The minimum Gasteiger partial charge on any atom is -0.387 e. The molecule has 0 saturated carbocycles. The number of quaternary nitrogens is 1. The van der Waals surface area contributed by atoms with Crippen LogP contribution in [-0.4, -0.2) is 73.4 Å². The van der Waals surface area contributed by atoms with Crippen LogP contribution in [0.1, 0.15) is 258 Å². The summed E-state index contributed by atoms with van der Waals surface area (Å²) in [5.41, 5.74) is 0. The van der Waals surface area contributed by atoms with E-state index < -0.39 is 20.0 Å². The first kappa shape index (κ1) is 59.2. The molecule has 0 heterocycles. The molecule has 0 aromatic rings. The number of phosphoric ester groups is 1. The van der Waals surface area contributed by atoms with E-state index in [-0.39, 0.29) is 19.1 Å². The molecule has 0 radical (unpaired) electrons. The van der Waals surface area contributed by atoms with E-state index >= 15 is 0 Å². The number of aliphatic hydroxyl groups is 1. The largest absolute Gasteiger partial charge is 0.472 e. The van der Waals surface area contributed by atoms with Crippen molar-refractivity contribution in [1.82, 2.24) is 5.32 Å². The number of hydrogen-bond acceptors (Lipinski definition) is 5. The van der Waals surface area contributed by atoms with E-state index in [4.69, 9.17) is 9.05 Å². The second-order valence-electron chi connectivity index (χ2n) is 19.3. The number of nitrogens with one attached hydrogen (secondary N) is 1. The highest BCUT2D eigenvalue weighted by Crippen LogP contribution is 2.43. The molecule has 9 heteroatoms. The average Bonchev–Trinajstić information content (AvgIpc) is 3.20. The number of carbonyl (C=O) groups is 1. The highest BCUT2D eigenvalue weighted by molar-refractivity contribution is 7.47. The van der Waals surface area contributed by atoms with Crippen molar-refractivity contribution in [1.29, 1.82) is 0 Å². The van der Waals surface area contributed by atoms with Gasteiger partial charge in [0.25, 0.3) is 0 Å². The van der Waals surface area contributed by atoms with E-state index in [2.05, 4.69) is 19.2 Å². The maximum absolute atomic E-state index is 12.9. The fourth-order valence-electron chi connectivity index (χ4n) is 7.87. The van der Waals surface area contributed by atoms with E-state index in [1.54, 1.807) is 6.08 Å². The lowest BCUT2D eigenvalue weighted by molar-refractivity contribution is -0.870. The molecule has 0 saturated heterocycles. The van der Waals surface area contributed by atoms with Crippen LogP contribution < -0.4 is 5.32 Å². The Morgan fingerprint density at radius 2 is 0.883 bits per heavy atom. The molecule has 3 unspecified atom stereocenters. The number of hydrogen-bond donors (Lipinski definition) is 3. The van der Waals surface area contributed by atoms with Gasteiger partial charge < -0.3 is 19.8 Å². The predicted molar refractivity (Wildman–Crippen MR) is 259 cm³/mol. The van der Waals surface area contributed by atoms with Gasteiger partial charge in [-0.2, -0.15) is 0 Å². The van der Waals surface area contributed by atoms with Crippen molar-refractivity contribution in [3.63, 3.8) is 0 Å². The van der Waals surface area contributed by atoms with Crippen molar-refractivity contribution >= 4 is 13.7 Å². The van der Waals surface area contributed by atoms with Crippen LogP contribution in [-0.2, 0) is 18.4 Å². The molecule has 0 bridgehead atoms. The number of allylic oxidation sites excluding steroid dienone is 1. The summed E-state index contributed by atoms with van der Waals surface area (Å²) in [7, 11) is 1.59. The molecule has 60 heavy (non-hydrogen) atoms. The lowest BCUT2D eigenvalue weighted by Crippen LogP contribution is -2.45. The summed E-state index contributed by atoms with van der Waals surface area (Å²) in [4.78, 5) is 23.2. The Morgan fingerprint density at radius 1 is 0.550 bits per heavy atom. The van der Waals surface area contributed by atoms with Gasteiger partial charge in [-0.3, -0.25) is 13.8 Å². The fraction of sp³-hybridized carbons (Fsp3) is 0.941. The van der Waals surface area contributed by atoms with Crippen molar-refractivity contribution in [2.75, 3.05) is 40.9 Å². The second-order valence-corrected chi connectivity index (χ2v) is 20.7. The molecular formula is C51H104N2O6P+. The van der Waals surface area contributed by atoms with Crippen LogP contribution in [0.2, 0.25) is 0 Å². The molecule has 3 atom stereocenters. The van der Waals surface area contributed by atoms with Gasteiger partial charge in [0, 0.05) is 6.42 Å². The lowest BCUT2D eigenvalue weighted by atomic mass is 10.0. The highest BCUT2D eigenvalue weighted by Gasteiger charge is 2.27. The minimum absolute atomic E-state index is 0.0650. The molecule has 0 aliphatic heterocycles. The third kappa shape index (κ3) is 45.3. The monoisotopic (exact) mass is 872 g/mol. The van der Waals surface area contributed by atoms with Gasteiger partial charge in [-0.25, -0.2) is 4.57 Å². The average molecular weight is 872 g/mol. The van der Waals surface area contributed by atoms with Crippen LogP contribution in [0.15, 0.2) is 12.2 Å². The van der Waals surface area contributed by atoms with Crippen LogP contribution in [0, 0.1) is 0 Å². The third-order valence-electron chi connectivity index (χ3n) is 12.0. The number of carbonyl (C=O) groups excluding carboxylic acids is 1. The smallest absolute Gasteiger partial charge is 0.387 e. The number of aliphatic hydroxyl groups excluding tert-OH is 1. The summed E-state index contributed by atoms with van der Waals surface area (Å²) >= 11 is 0. The topological polar surface area (TPSA) is 105 Å². The van der Waals surface area contributed by atoms with Crippen molar-refractivity contribution in [3.05, 3.63) is 12.2 Å².